The Morgan fingerprint density at radius 2 is 1.69 bits per heavy atom. The Hall–Kier alpha value is -3.35. The Kier molecular flexibility index (Phi) is 9.25. The van der Waals surface area contributed by atoms with Crippen molar-refractivity contribution >= 4 is 11.9 Å². The van der Waals surface area contributed by atoms with Crippen molar-refractivity contribution in [1.82, 2.24) is 9.97 Å². The molecular weight excluding hydrogens is 412 g/mol. The Labute approximate surface area is 187 Å². The van der Waals surface area contributed by atoms with Crippen LogP contribution in [-0.2, 0) is 12.8 Å². The summed E-state index contributed by atoms with van der Waals surface area (Å²) in [5, 5.41) is 2.39. The molecule has 2 aromatic carbocycles. The van der Waals surface area contributed by atoms with Gasteiger partial charge in [0.25, 0.3) is 5.91 Å². The topological polar surface area (TPSA) is 64.1 Å². The minimum atomic E-state index is -0.937. The van der Waals surface area contributed by atoms with Gasteiger partial charge in [-0.2, -0.15) is 0 Å². The molecule has 1 aromatic heterocycles. The quantitative estimate of drug-likeness (QED) is 0.524. The summed E-state index contributed by atoms with van der Waals surface area (Å²) in [6.45, 7) is 8.00. The summed E-state index contributed by atoms with van der Waals surface area (Å²) in [6, 6.07) is 9.14. The molecule has 0 aliphatic heterocycles. The number of ether oxygens (including phenoxy) is 1. The lowest BCUT2D eigenvalue weighted by Crippen LogP contribution is -2.18. The number of nitrogens with one attached hydrogen (secondary N) is 1. The molecule has 0 saturated heterocycles. The van der Waals surface area contributed by atoms with Crippen molar-refractivity contribution in [2.45, 2.75) is 47.0 Å². The summed E-state index contributed by atoms with van der Waals surface area (Å²) in [5.41, 5.74) is 3.14. The van der Waals surface area contributed by atoms with Crippen LogP contribution in [0.3, 0.4) is 0 Å². The molecule has 1 N–H and O–H groups in total. The van der Waals surface area contributed by atoms with Crippen molar-refractivity contribution in [2.75, 3.05) is 12.4 Å². The minimum Gasteiger partial charge on any atom is -0.497 e. The van der Waals surface area contributed by atoms with Gasteiger partial charge in [-0.3, -0.25) is 10.1 Å². The molecule has 0 fully saturated rings. The van der Waals surface area contributed by atoms with Crippen molar-refractivity contribution in [1.29, 1.82) is 0 Å². The van der Waals surface area contributed by atoms with Crippen LogP contribution in [0.1, 0.15) is 55.7 Å². The van der Waals surface area contributed by atoms with E-state index in [-0.39, 0.29) is 5.95 Å². The molecule has 1 aliphatic carbocycles. The Bertz CT molecular complexity index is 1050. The van der Waals surface area contributed by atoms with Crippen LogP contribution in [0.4, 0.5) is 14.7 Å². The zero-order valence-electron chi connectivity index (χ0n) is 19.1. The average molecular weight is 442 g/mol. The number of aromatic nitrogens is 2. The molecule has 1 heterocycles. The SMILES string of the molecule is CC.CC.COc1ccc2c(c1)-c1cnc(NC(=O)c3c(F)cccc3F)nc1CCC2. The number of amides is 1. The van der Waals surface area contributed by atoms with Crippen molar-refractivity contribution in [3.8, 4) is 16.9 Å². The zero-order chi connectivity index (χ0) is 23.7. The van der Waals surface area contributed by atoms with Crippen molar-refractivity contribution < 1.29 is 18.3 Å². The lowest BCUT2D eigenvalue weighted by molar-refractivity contribution is 0.101. The summed E-state index contributed by atoms with van der Waals surface area (Å²) in [4.78, 5) is 20.9. The number of fused-ring (bicyclic) bond motifs is 3. The zero-order valence-corrected chi connectivity index (χ0v) is 19.1. The largest absolute Gasteiger partial charge is 0.497 e. The maximum atomic E-state index is 13.8. The molecule has 3 aromatic rings. The molecule has 5 nitrogen and oxygen atoms in total. The summed E-state index contributed by atoms with van der Waals surface area (Å²) in [5.74, 6) is -2.05. The number of methoxy groups -OCH3 is 1. The van der Waals surface area contributed by atoms with Crippen molar-refractivity contribution in [3.05, 3.63) is 71.1 Å². The van der Waals surface area contributed by atoms with Crippen molar-refractivity contribution in [2.24, 2.45) is 0 Å². The maximum absolute atomic E-state index is 13.8. The number of hydrogen-bond donors (Lipinski definition) is 1. The van der Waals surface area contributed by atoms with Gasteiger partial charge < -0.3 is 4.74 Å². The highest BCUT2D eigenvalue weighted by atomic mass is 19.1. The van der Waals surface area contributed by atoms with Crippen LogP contribution in [-0.4, -0.2) is 23.0 Å². The van der Waals surface area contributed by atoms with Gasteiger partial charge in [-0.05, 0) is 54.7 Å². The average Bonchev–Trinajstić information content (AvgIpc) is 3.00. The number of carbonyl (C=O) groups excluding carboxylic acids is 1. The van der Waals surface area contributed by atoms with E-state index in [0.29, 0.717) is 6.42 Å². The second kappa shape index (κ2) is 11.9. The maximum Gasteiger partial charge on any atom is 0.263 e. The molecule has 1 amide bonds. The summed E-state index contributed by atoms with van der Waals surface area (Å²) in [6.07, 6.45) is 4.10. The second-order valence-corrected chi connectivity index (χ2v) is 6.48. The second-order valence-electron chi connectivity index (χ2n) is 6.48. The normalized spacial score (nSPS) is 11.3. The predicted molar refractivity (Wildman–Crippen MR) is 123 cm³/mol. The van der Waals surface area contributed by atoms with E-state index >= 15 is 0 Å². The van der Waals surface area contributed by atoms with Crippen LogP contribution in [0.15, 0.2) is 42.6 Å². The molecule has 0 unspecified atom stereocenters. The predicted octanol–water partition coefficient (Wildman–Crippen LogP) is 6.22. The molecule has 32 heavy (non-hydrogen) atoms. The van der Waals surface area contributed by atoms with E-state index in [1.165, 1.54) is 11.6 Å². The number of hydrogen-bond acceptors (Lipinski definition) is 4. The minimum absolute atomic E-state index is 0.0118. The summed E-state index contributed by atoms with van der Waals surface area (Å²) >= 11 is 0. The number of anilines is 1. The Morgan fingerprint density at radius 1 is 1.00 bits per heavy atom. The first-order chi connectivity index (χ1) is 15.6. The van der Waals surface area contributed by atoms with Gasteiger partial charge in [0.15, 0.2) is 0 Å². The molecule has 0 atom stereocenters. The third kappa shape index (κ3) is 5.46. The van der Waals surface area contributed by atoms with Crippen molar-refractivity contribution in [3.63, 3.8) is 0 Å². The van der Waals surface area contributed by atoms with Gasteiger partial charge in [-0.1, -0.05) is 39.8 Å². The van der Waals surface area contributed by atoms with E-state index in [9.17, 15) is 13.6 Å². The van der Waals surface area contributed by atoms with E-state index in [1.807, 2.05) is 45.9 Å². The molecule has 4 rings (SSSR count). The summed E-state index contributed by atoms with van der Waals surface area (Å²) < 4.78 is 32.9. The van der Waals surface area contributed by atoms with Crippen LogP contribution in [0.25, 0.3) is 11.1 Å². The Balaban J connectivity index is 0.000000860. The number of carbonyl (C=O) groups is 1. The highest BCUT2D eigenvalue weighted by Crippen LogP contribution is 2.34. The van der Waals surface area contributed by atoms with Gasteiger partial charge in [0.1, 0.15) is 22.9 Å². The number of benzene rings is 2. The van der Waals surface area contributed by atoms with E-state index in [1.54, 1.807) is 13.3 Å². The molecule has 170 valence electrons. The van der Waals surface area contributed by atoms with E-state index in [2.05, 4.69) is 15.3 Å². The highest BCUT2D eigenvalue weighted by molar-refractivity contribution is 6.03. The third-order valence-corrected chi connectivity index (χ3v) is 4.75. The van der Waals surface area contributed by atoms with Gasteiger partial charge in [-0.15, -0.1) is 0 Å². The van der Waals surface area contributed by atoms with E-state index in [4.69, 9.17) is 4.74 Å². The van der Waals surface area contributed by atoms with Crippen LogP contribution in [0, 0.1) is 11.6 Å². The summed E-state index contributed by atoms with van der Waals surface area (Å²) in [7, 11) is 1.61. The van der Waals surface area contributed by atoms with Crippen LogP contribution >= 0.6 is 0 Å². The number of rotatable bonds is 3. The lowest BCUT2D eigenvalue weighted by atomic mass is 10.00. The first kappa shape index (κ1) is 24.9. The van der Waals surface area contributed by atoms with Gasteiger partial charge in [0, 0.05) is 11.8 Å². The fourth-order valence-corrected chi connectivity index (χ4v) is 3.37. The lowest BCUT2D eigenvalue weighted by Gasteiger charge is -2.12. The van der Waals surface area contributed by atoms with Gasteiger partial charge in [0.05, 0.1) is 12.8 Å². The number of nitrogens with zero attached hydrogens (tertiary/aromatic N) is 2. The van der Waals surface area contributed by atoms with Gasteiger partial charge in [0.2, 0.25) is 5.95 Å². The standard InChI is InChI=1S/C21H17F2N3O2.2C2H6/c1-28-13-9-8-12-4-2-7-18-15(14(12)10-13)11-24-21(25-18)26-20(27)19-16(22)5-3-6-17(19)23;2*1-2/h3,5-6,8-11H,2,4,7H2,1H3,(H,24,25,26,27);2*1-2H3. The molecule has 0 radical (unpaired) electrons. The van der Waals surface area contributed by atoms with Crippen LogP contribution < -0.4 is 10.1 Å². The Morgan fingerprint density at radius 3 is 2.34 bits per heavy atom. The number of halogens is 2. The molecule has 0 saturated carbocycles. The number of aryl methyl sites for hydroxylation is 2. The van der Waals surface area contributed by atoms with Gasteiger partial charge in [-0.25, -0.2) is 18.7 Å². The van der Waals surface area contributed by atoms with E-state index < -0.39 is 23.1 Å². The smallest absolute Gasteiger partial charge is 0.263 e. The fourth-order valence-electron chi connectivity index (χ4n) is 3.37. The van der Waals surface area contributed by atoms with Gasteiger partial charge >= 0.3 is 0 Å². The highest BCUT2D eigenvalue weighted by Gasteiger charge is 2.21. The van der Waals surface area contributed by atoms with Crippen LogP contribution in [0.5, 0.6) is 5.75 Å². The fraction of sp³-hybridized carbons (Fsp3) is 0.320. The molecule has 0 bridgehead atoms. The van der Waals surface area contributed by atoms with Crippen LogP contribution in [0.2, 0.25) is 0 Å². The molecule has 0 spiro atoms. The third-order valence-electron chi connectivity index (χ3n) is 4.75. The molecule has 7 heteroatoms. The monoisotopic (exact) mass is 441 g/mol. The first-order valence-corrected chi connectivity index (χ1v) is 10.9. The molecule has 1 aliphatic rings. The molecular formula is C25H29F2N3O2. The first-order valence-electron chi connectivity index (χ1n) is 10.9. The van der Waals surface area contributed by atoms with E-state index in [0.717, 1.165) is 47.5 Å².